The molecule has 0 aromatic carbocycles. The molecular weight excluding hydrogens is 583 g/mol. The molecule has 3 aromatic rings. The van der Waals surface area contributed by atoms with Crippen molar-refractivity contribution in [2.24, 2.45) is 0 Å². The maximum Gasteiger partial charge on any atom is 0.227 e. The molecule has 3 aromatic heterocycles. The van der Waals surface area contributed by atoms with Crippen LogP contribution in [-0.2, 0) is 19.3 Å². The van der Waals surface area contributed by atoms with E-state index in [4.69, 9.17) is 13.3 Å². The molecule has 37 heavy (non-hydrogen) atoms. The third kappa shape index (κ3) is 11.0. The van der Waals surface area contributed by atoms with E-state index in [1.54, 1.807) is 20.8 Å². The van der Waals surface area contributed by atoms with Crippen LogP contribution in [0.25, 0.3) is 0 Å². The zero-order valence-electron chi connectivity index (χ0n) is 22.3. The Labute approximate surface area is 234 Å². The van der Waals surface area contributed by atoms with E-state index in [0.29, 0.717) is 53.8 Å². The van der Waals surface area contributed by atoms with Crippen molar-refractivity contribution in [1.82, 2.24) is 0 Å². The fourth-order valence-corrected chi connectivity index (χ4v) is 3.18. The van der Waals surface area contributed by atoms with E-state index in [9.17, 15) is 29.7 Å². The Morgan fingerprint density at radius 3 is 0.946 bits per heavy atom. The molecule has 3 heterocycles. The van der Waals surface area contributed by atoms with Gasteiger partial charge in [0.2, 0.25) is 33.5 Å². The molecule has 0 saturated heterocycles. The summed E-state index contributed by atoms with van der Waals surface area (Å²) in [5, 5.41) is 27.7. The monoisotopic (exact) mass is 619 g/mol. The molecule has 0 aliphatic heterocycles. The van der Waals surface area contributed by atoms with Crippen molar-refractivity contribution in [2.45, 2.75) is 80.1 Å². The molecule has 0 atom stereocenters. The van der Waals surface area contributed by atoms with Crippen molar-refractivity contribution in [3.05, 3.63) is 83.4 Å². The average molecular weight is 619 g/mol. The zero-order valence-corrected chi connectivity index (χ0v) is 25.6. The van der Waals surface area contributed by atoms with Gasteiger partial charge < -0.3 is 28.6 Å². The van der Waals surface area contributed by atoms with Crippen LogP contribution in [-0.4, -0.2) is 41.2 Å². The van der Waals surface area contributed by atoms with Gasteiger partial charge in [-0.1, -0.05) is 20.8 Å². The Balaban J connectivity index is 0.000000518. The third-order valence-corrected chi connectivity index (χ3v) is 4.78. The second-order valence-corrected chi connectivity index (χ2v) is 8.23. The predicted molar refractivity (Wildman–Crippen MR) is 142 cm³/mol. The van der Waals surface area contributed by atoms with Gasteiger partial charge in [-0.25, -0.2) is 0 Å². The van der Waals surface area contributed by atoms with Gasteiger partial charge in [0, 0.05) is 63.3 Å². The molecule has 0 amide bonds. The summed E-state index contributed by atoms with van der Waals surface area (Å²) in [6, 6.07) is 3.86. The molecule has 0 aliphatic carbocycles. The SMILES string of the molecule is CCCc1oc(C)cc(=O)c1O.CCCc1oc(C)cc(=O)c1O.CCCc1oc(C)cc(=O)c1O.[In]. The Morgan fingerprint density at radius 1 is 0.541 bits per heavy atom. The summed E-state index contributed by atoms with van der Waals surface area (Å²) in [6.07, 6.45) is 4.34. The number of aromatic hydroxyl groups is 3. The molecule has 10 heteroatoms. The number of aryl methyl sites for hydroxylation is 6. The van der Waals surface area contributed by atoms with Gasteiger partial charge in [-0.05, 0) is 40.0 Å². The first-order valence-corrected chi connectivity index (χ1v) is 11.9. The maximum atomic E-state index is 11.0. The van der Waals surface area contributed by atoms with Crippen LogP contribution in [0.4, 0.5) is 0 Å². The first kappa shape index (κ1) is 34.1. The third-order valence-electron chi connectivity index (χ3n) is 4.78. The van der Waals surface area contributed by atoms with Crippen LogP contribution in [0.1, 0.15) is 74.6 Å². The Morgan fingerprint density at radius 2 is 0.757 bits per heavy atom. The van der Waals surface area contributed by atoms with Crippen molar-refractivity contribution in [3.8, 4) is 17.2 Å². The van der Waals surface area contributed by atoms with Crippen LogP contribution < -0.4 is 16.3 Å². The Hall–Kier alpha value is -2.88. The first-order chi connectivity index (χ1) is 16.9. The zero-order chi connectivity index (χ0) is 27.4. The molecular formula is C27H36InO9. The Kier molecular flexibility index (Phi) is 15.5. The topological polar surface area (TPSA) is 151 Å². The van der Waals surface area contributed by atoms with Gasteiger partial charge in [0.15, 0.2) is 0 Å². The fourth-order valence-electron chi connectivity index (χ4n) is 3.18. The summed E-state index contributed by atoms with van der Waals surface area (Å²) in [7, 11) is 0. The van der Waals surface area contributed by atoms with Gasteiger partial charge in [0.1, 0.15) is 34.6 Å². The van der Waals surface area contributed by atoms with E-state index in [1.807, 2.05) is 20.8 Å². The second-order valence-electron chi connectivity index (χ2n) is 8.23. The molecule has 9 nitrogen and oxygen atoms in total. The van der Waals surface area contributed by atoms with Gasteiger partial charge in [-0.2, -0.15) is 0 Å². The fraction of sp³-hybridized carbons (Fsp3) is 0.444. The van der Waals surface area contributed by atoms with Crippen LogP contribution in [0.15, 0.2) is 45.8 Å². The van der Waals surface area contributed by atoms with Crippen molar-refractivity contribution in [3.63, 3.8) is 0 Å². The number of rotatable bonds is 6. The normalized spacial score (nSPS) is 9.89. The maximum absolute atomic E-state index is 11.0. The molecule has 201 valence electrons. The van der Waals surface area contributed by atoms with E-state index >= 15 is 0 Å². The van der Waals surface area contributed by atoms with E-state index < -0.39 is 0 Å². The summed E-state index contributed by atoms with van der Waals surface area (Å²) in [4.78, 5) is 33.1. The predicted octanol–water partition coefficient (Wildman–Crippen LogP) is 4.44. The van der Waals surface area contributed by atoms with E-state index in [0.717, 1.165) is 19.3 Å². The van der Waals surface area contributed by atoms with Gasteiger partial charge in [-0.15, -0.1) is 0 Å². The van der Waals surface area contributed by atoms with Crippen LogP contribution in [0.3, 0.4) is 0 Å². The standard InChI is InChI=1S/3C9H12O3.In/c3*1-3-4-8-9(11)7(10)5-6(2)12-8;/h3*5,11H,3-4H2,1-2H3;. The molecule has 0 saturated carbocycles. The number of hydrogen-bond acceptors (Lipinski definition) is 9. The minimum atomic E-state index is -0.359. The van der Waals surface area contributed by atoms with Crippen molar-refractivity contribution >= 4 is 25.8 Å². The first-order valence-electron chi connectivity index (χ1n) is 11.9. The van der Waals surface area contributed by atoms with Gasteiger partial charge >= 0.3 is 0 Å². The minimum Gasteiger partial charge on any atom is -0.502 e. The smallest absolute Gasteiger partial charge is 0.227 e. The van der Waals surface area contributed by atoms with Gasteiger partial charge in [-0.3, -0.25) is 14.4 Å². The molecule has 3 N–H and O–H groups in total. The second kappa shape index (κ2) is 16.8. The van der Waals surface area contributed by atoms with Crippen molar-refractivity contribution in [2.75, 3.05) is 0 Å². The molecule has 0 unspecified atom stereocenters. The van der Waals surface area contributed by atoms with Gasteiger partial charge in [0.05, 0.1) is 0 Å². The van der Waals surface area contributed by atoms with Crippen LogP contribution in [0.2, 0.25) is 0 Å². The summed E-state index contributed by atoms with van der Waals surface area (Å²) < 4.78 is 15.5. The van der Waals surface area contributed by atoms with E-state index in [-0.39, 0.29) is 59.4 Å². The largest absolute Gasteiger partial charge is 0.502 e. The van der Waals surface area contributed by atoms with Crippen molar-refractivity contribution in [1.29, 1.82) is 0 Å². The van der Waals surface area contributed by atoms with Crippen LogP contribution >= 0.6 is 0 Å². The van der Waals surface area contributed by atoms with Crippen LogP contribution in [0, 0.1) is 20.8 Å². The molecule has 3 radical (unpaired) electrons. The van der Waals surface area contributed by atoms with Crippen molar-refractivity contribution < 1.29 is 28.6 Å². The quantitative estimate of drug-likeness (QED) is 0.364. The van der Waals surface area contributed by atoms with E-state index in [2.05, 4.69) is 0 Å². The van der Waals surface area contributed by atoms with Gasteiger partial charge in [0.25, 0.3) is 0 Å². The molecule has 0 aliphatic rings. The molecule has 0 fully saturated rings. The summed E-state index contributed by atoms with van der Waals surface area (Å²) in [5.41, 5.74) is -1.08. The van der Waals surface area contributed by atoms with E-state index in [1.165, 1.54) is 18.2 Å². The summed E-state index contributed by atoms with van der Waals surface area (Å²) in [5.74, 6) is 2.06. The minimum absolute atomic E-state index is 0. The molecule has 0 spiro atoms. The molecule has 0 bridgehead atoms. The summed E-state index contributed by atoms with van der Waals surface area (Å²) in [6.45, 7) is 11.0. The molecule has 3 rings (SSSR count). The van der Waals surface area contributed by atoms with Crippen LogP contribution in [0.5, 0.6) is 17.2 Å². The number of hydrogen-bond donors (Lipinski definition) is 3. The average Bonchev–Trinajstić information content (AvgIpc) is 2.80. The summed E-state index contributed by atoms with van der Waals surface area (Å²) >= 11 is 0. The Bertz CT molecular complexity index is 1140.